The molecule has 0 unspecified atom stereocenters. The van der Waals surface area contributed by atoms with Crippen LogP contribution < -0.4 is 4.74 Å². The van der Waals surface area contributed by atoms with Crippen LogP contribution in [0.4, 0.5) is 0 Å². The van der Waals surface area contributed by atoms with E-state index in [1.807, 2.05) is 0 Å². The Labute approximate surface area is 96.5 Å². The van der Waals surface area contributed by atoms with E-state index in [0.29, 0.717) is 0 Å². The molecule has 1 saturated heterocycles. The Bertz CT molecular complexity index is 430. The molecule has 3 rings (SSSR count). The first-order valence-corrected chi connectivity index (χ1v) is 6.01. The van der Waals surface area contributed by atoms with Crippen LogP contribution >= 0.6 is 0 Å². The fourth-order valence-electron chi connectivity index (χ4n) is 2.67. The number of likely N-dealkylation sites (tertiary alicyclic amines) is 1. The maximum atomic E-state index is 5.30. The van der Waals surface area contributed by atoms with Crippen molar-refractivity contribution in [2.24, 2.45) is 0 Å². The van der Waals surface area contributed by atoms with E-state index in [1.54, 1.807) is 7.11 Å². The van der Waals surface area contributed by atoms with E-state index in [-0.39, 0.29) is 0 Å². The van der Waals surface area contributed by atoms with Crippen LogP contribution in [0.2, 0.25) is 0 Å². The van der Waals surface area contributed by atoms with Crippen molar-refractivity contribution in [3.05, 3.63) is 35.4 Å². The highest BCUT2D eigenvalue weighted by Gasteiger charge is 2.22. The van der Waals surface area contributed by atoms with Crippen molar-refractivity contribution in [3.8, 4) is 5.75 Å². The second-order valence-corrected chi connectivity index (χ2v) is 4.51. The van der Waals surface area contributed by atoms with Crippen molar-refractivity contribution in [2.75, 3.05) is 20.2 Å². The molecule has 0 radical (unpaired) electrons. The molecular weight excluding hydrogens is 198 g/mol. The van der Waals surface area contributed by atoms with Crippen molar-refractivity contribution in [1.82, 2.24) is 4.90 Å². The van der Waals surface area contributed by atoms with Gasteiger partial charge in [-0.05, 0) is 37.0 Å². The van der Waals surface area contributed by atoms with Crippen LogP contribution in [0.3, 0.4) is 0 Å². The molecule has 1 aliphatic carbocycles. The summed E-state index contributed by atoms with van der Waals surface area (Å²) in [5.74, 6) is 0.964. The molecule has 1 aromatic rings. The van der Waals surface area contributed by atoms with Crippen LogP contribution in [-0.4, -0.2) is 25.1 Å². The van der Waals surface area contributed by atoms with Crippen LogP contribution in [0.5, 0.6) is 5.75 Å². The van der Waals surface area contributed by atoms with Gasteiger partial charge in [-0.1, -0.05) is 12.1 Å². The SMILES string of the molecule is COc1ccc2c(c1)C(N1CCCC1)=CC2. The van der Waals surface area contributed by atoms with E-state index in [2.05, 4.69) is 29.2 Å². The quantitative estimate of drug-likeness (QED) is 0.752. The summed E-state index contributed by atoms with van der Waals surface area (Å²) in [6.07, 6.45) is 6.09. The fourth-order valence-corrected chi connectivity index (χ4v) is 2.67. The number of hydrogen-bond acceptors (Lipinski definition) is 2. The largest absolute Gasteiger partial charge is 0.497 e. The molecule has 0 bridgehead atoms. The Hall–Kier alpha value is -1.44. The molecule has 0 saturated carbocycles. The van der Waals surface area contributed by atoms with Crippen LogP contribution in [0.1, 0.15) is 24.0 Å². The summed E-state index contributed by atoms with van der Waals surface area (Å²) in [6, 6.07) is 6.42. The molecule has 2 nitrogen and oxygen atoms in total. The van der Waals surface area contributed by atoms with Gasteiger partial charge in [-0.2, -0.15) is 0 Å². The van der Waals surface area contributed by atoms with Gasteiger partial charge in [0.25, 0.3) is 0 Å². The fraction of sp³-hybridized carbons (Fsp3) is 0.429. The predicted molar refractivity (Wildman–Crippen MR) is 65.5 cm³/mol. The highest BCUT2D eigenvalue weighted by molar-refractivity contribution is 5.73. The van der Waals surface area contributed by atoms with Crippen LogP contribution in [0.15, 0.2) is 24.3 Å². The van der Waals surface area contributed by atoms with Crippen molar-refractivity contribution < 1.29 is 4.74 Å². The van der Waals surface area contributed by atoms with E-state index in [1.165, 1.54) is 42.8 Å². The van der Waals surface area contributed by atoms with Gasteiger partial charge in [-0.25, -0.2) is 0 Å². The lowest BCUT2D eigenvalue weighted by Gasteiger charge is -2.20. The highest BCUT2D eigenvalue weighted by atomic mass is 16.5. The van der Waals surface area contributed by atoms with Gasteiger partial charge >= 0.3 is 0 Å². The van der Waals surface area contributed by atoms with Crippen molar-refractivity contribution in [2.45, 2.75) is 19.3 Å². The summed E-state index contributed by atoms with van der Waals surface area (Å²) in [6.45, 7) is 2.42. The number of ether oxygens (including phenoxy) is 1. The van der Waals surface area contributed by atoms with E-state index >= 15 is 0 Å². The number of nitrogens with zero attached hydrogens (tertiary/aromatic N) is 1. The summed E-state index contributed by atoms with van der Waals surface area (Å²) in [7, 11) is 1.73. The Balaban J connectivity index is 1.95. The zero-order chi connectivity index (χ0) is 11.0. The first-order valence-electron chi connectivity index (χ1n) is 6.01. The minimum absolute atomic E-state index is 0.964. The molecular formula is C14H17NO. The summed E-state index contributed by atoms with van der Waals surface area (Å²) in [5, 5.41) is 0. The van der Waals surface area contributed by atoms with Gasteiger partial charge in [0.1, 0.15) is 5.75 Å². The maximum absolute atomic E-state index is 5.30. The van der Waals surface area contributed by atoms with Gasteiger partial charge in [-0.3, -0.25) is 0 Å². The third-order valence-electron chi connectivity index (χ3n) is 3.56. The first kappa shape index (κ1) is 9.76. The Morgan fingerprint density at radius 3 is 2.75 bits per heavy atom. The minimum atomic E-state index is 0.964. The average molecular weight is 215 g/mol. The lowest BCUT2D eigenvalue weighted by atomic mass is 10.1. The normalized spacial score (nSPS) is 18.6. The number of benzene rings is 1. The average Bonchev–Trinajstić information content (AvgIpc) is 2.96. The molecule has 1 fully saturated rings. The smallest absolute Gasteiger partial charge is 0.119 e. The van der Waals surface area contributed by atoms with Crippen molar-refractivity contribution in [3.63, 3.8) is 0 Å². The zero-order valence-electron chi connectivity index (χ0n) is 9.70. The molecule has 16 heavy (non-hydrogen) atoms. The molecule has 2 aliphatic rings. The van der Waals surface area contributed by atoms with Crippen LogP contribution in [0, 0.1) is 0 Å². The third kappa shape index (κ3) is 1.49. The lowest BCUT2D eigenvalue weighted by molar-refractivity contribution is 0.414. The number of methoxy groups -OCH3 is 1. The van der Waals surface area contributed by atoms with E-state index in [9.17, 15) is 0 Å². The maximum Gasteiger partial charge on any atom is 0.119 e. The monoisotopic (exact) mass is 215 g/mol. The molecule has 0 amide bonds. The predicted octanol–water partition coefficient (Wildman–Crippen LogP) is 2.69. The molecule has 1 aliphatic heterocycles. The topological polar surface area (TPSA) is 12.5 Å². The molecule has 2 heteroatoms. The van der Waals surface area contributed by atoms with Crippen molar-refractivity contribution in [1.29, 1.82) is 0 Å². The van der Waals surface area contributed by atoms with Crippen LogP contribution in [0.25, 0.3) is 5.70 Å². The standard InChI is InChI=1S/C14H17NO/c1-16-12-6-4-11-5-7-14(13(11)10-12)15-8-2-3-9-15/h4,6-7,10H,2-3,5,8-9H2,1H3. The molecule has 1 aromatic carbocycles. The van der Waals surface area contributed by atoms with Crippen LogP contribution in [-0.2, 0) is 6.42 Å². The Kier molecular flexibility index (Phi) is 2.35. The van der Waals surface area contributed by atoms with Crippen molar-refractivity contribution >= 4 is 5.70 Å². The van der Waals surface area contributed by atoms with Gasteiger partial charge in [0.2, 0.25) is 0 Å². The molecule has 0 atom stereocenters. The minimum Gasteiger partial charge on any atom is -0.497 e. The van der Waals surface area contributed by atoms with Gasteiger partial charge < -0.3 is 9.64 Å². The first-order chi connectivity index (χ1) is 7.88. The molecule has 0 N–H and O–H groups in total. The van der Waals surface area contributed by atoms with E-state index < -0.39 is 0 Å². The lowest BCUT2D eigenvalue weighted by Crippen LogP contribution is -2.16. The van der Waals surface area contributed by atoms with Gasteiger partial charge in [0, 0.05) is 24.4 Å². The summed E-state index contributed by atoms with van der Waals surface area (Å²) < 4.78 is 5.30. The Morgan fingerprint density at radius 2 is 2.00 bits per heavy atom. The van der Waals surface area contributed by atoms with E-state index in [4.69, 9.17) is 4.74 Å². The summed E-state index contributed by atoms with van der Waals surface area (Å²) in [4.78, 5) is 2.51. The molecule has 0 aromatic heterocycles. The number of hydrogen-bond donors (Lipinski definition) is 0. The number of allylic oxidation sites excluding steroid dienone is 1. The van der Waals surface area contributed by atoms with Gasteiger partial charge in [-0.15, -0.1) is 0 Å². The van der Waals surface area contributed by atoms with Gasteiger partial charge in [0.15, 0.2) is 0 Å². The number of fused-ring (bicyclic) bond motifs is 1. The van der Waals surface area contributed by atoms with Gasteiger partial charge in [0.05, 0.1) is 7.11 Å². The Morgan fingerprint density at radius 1 is 1.19 bits per heavy atom. The molecule has 1 heterocycles. The molecule has 84 valence electrons. The highest BCUT2D eigenvalue weighted by Crippen LogP contribution is 2.34. The summed E-state index contributed by atoms with van der Waals surface area (Å²) >= 11 is 0. The van der Waals surface area contributed by atoms with E-state index in [0.717, 1.165) is 12.2 Å². The second kappa shape index (κ2) is 3.85. The third-order valence-corrected chi connectivity index (χ3v) is 3.56. The molecule has 0 spiro atoms. The summed E-state index contributed by atoms with van der Waals surface area (Å²) in [5.41, 5.74) is 4.23. The zero-order valence-corrected chi connectivity index (χ0v) is 9.70. The second-order valence-electron chi connectivity index (χ2n) is 4.51. The number of rotatable bonds is 2.